The van der Waals surface area contributed by atoms with Crippen LogP contribution >= 0.6 is 0 Å². The number of hydrogen-bond acceptors (Lipinski definition) is 3. The monoisotopic (exact) mass is 238 g/mol. The largest absolute Gasteiger partial charge is 0.493 e. The molecule has 1 atom stereocenters. The van der Waals surface area contributed by atoms with Gasteiger partial charge in [-0.2, -0.15) is 0 Å². The van der Waals surface area contributed by atoms with E-state index >= 15 is 0 Å². The number of methoxy groups -OCH3 is 1. The summed E-state index contributed by atoms with van der Waals surface area (Å²) >= 11 is 0. The van der Waals surface area contributed by atoms with Crippen LogP contribution in [0.1, 0.15) is 12.5 Å². The van der Waals surface area contributed by atoms with Gasteiger partial charge in [-0.1, -0.05) is 12.1 Å². The van der Waals surface area contributed by atoms with Crippen molar-refractivity contribution in [2.24, 2.45) is 0 Å². The van der Waals surface area contributed by atoms with Gasteiger partial charge in [0.1, 0.15) is 0 Å². The van der Waals surface area contributed by atoms with Crippen LogP contribution < -0.4 is 10.1 Å². The van der Waals surface area contributed by atoms with Crippen molar-refractivity contribution in [2.45, 2.75) is 19.5 Å². The highest BCUT2D eigenvalue weighted by molar-refractivity contribution is 5.34. The number of rotatable bonds is 3. The lowest BCUT2D eigenvalue weighted by Crippen LogP contribution is -2.48. The molecule has 1 aromatic carbocycles. The molecule has 4 heteroatoms. The molecule has 0 unspecified atom stereocenters. The van der Waals surface area contributed by atoms with Crippen molar-refractivity contribution in [3.8, 4) is 5.75 Å². The van der Waals surface area contributed by atoms with Crippen molar-refractivity contribution in [1.29, 1.82) is 0 Å². The molecule has 1 aliphatic heterocycles. The third kappa shape index (κ3) is 2.96. The Kier molecular flexibility index (Phi) is 3.97. The lowest BCUT2D eigenvalue weighted by Gasteiger charge is -2.32. The van der Waals surface area contributed by atoms with Gasteiger partial charge in [0.2, 0.25) is 0 Å². The highest BCUT2D eigenvalue weighted by Gasteiger charge is 2.18. The molecule has 0 aliphatic carbocycles. The van der Waals surface area contributed by atoms with Crippen molar-refractivity contribution in [2.75, 3.05) is 26.7 Å². The number of halogens is 1. The third-order valence-electron chi connectivity index (χ3n) is 3.10. The van der Waals surface area contributed by atoms with Gasteiger partial charge in [0, 0.05) is 37.8 Å². The zero-order valence-corrected chi connectivity index (χ0v) is 10.4. The van der Waals surface area contributed by atoms with E-state index < -0.39 is 0 Å². The first-order valence-electron chi connectivity index (χ1n) is 5.98. The highest BCUT2D eigenvalue weighted by Crippen LogP contribution is 2.23. The Morgan fingerprint density at radius 2 is 2.35 bits per heavy atom. The number of nitrogens with zero attached hydrogens (tertiary/aromatic N) is 1. The summed E-state index contributed by atoms with van der Waals surface area (Å²) in [7, 11) is 1.52. The van der Waals surface area contributed by atoms with E-state index in [1.807, 2.05) is 6.07 Å². The van der Waals surface area contributed by atoms with E-state index in [9.17, 15) is 4.39 Å². The van der Waals surface area contributed by atoms with Crippen LogP contribution in [0.4, 0.5) is 4.39 Å². The Morgan fingerprint density at radius 1 is 1.53 bits per heavy atom. The second-order valence-corrected chi connectivity index (χ2v) is 4.52. The summed E-state index contributed by atoms with van der Waals surface area (Å²) in [6.07, 6.45) is 0. The topological polar surface area (TPSA) is 24.5 Å². The lowest BCUT2D eigenvalue weighted by atomic mass is 10.1. The minimum atomic E-state index is -0.284. The van der Waals surface area contributed by atoms with E-state index in [4.69, 9.17) is 4.74 Å². The number of piperazine rings is 1. The third-order valence-corrected chi connectivity index (χ3v) is 3.10. The molecule has 1 saturated heterocycles. The average molecular weight is 238 g/mol. The van der Waals surface area contributed by atoms with Crippen molar-refractivity contribution in [3.05, 3.63) is 29.6 Å². The summed E-state index contributed by atoms with van der Waals surface area (Å²) in [5.41, 5.74) is 0.918. The lowest BCUT2D eigenvalue weighted by molar-refractivity contribution is 0.197. The number of nitrogens with one attached hydrogen (secondary N) is 1. The zero-order chi connectivity index (χ0) is 12.3. The summed E-state index contributed by atoms with van der Waals surface area (Å²) in [4.78, 5) is 2.32. The van der Waals surface area contributed by atoms with Gasteiger partial charge < -0.3 is 10.1 Å². The highest BCUT2D eigenvalue weighted by atomic mass is 19.1. The Balaban J connectivity index is 2.10. The van der Waals surface area contributed by atoms with Crippen LogP contribution in [0.25, 0.3) is 0 Å². The first-order valence-corrected chi connectivity index (χ1v) is 5.98. The molecule has 1 aliphatic rings. The normalized spacial score (nSPS) is 21.5. The first-order chi connectivity index (χ1) is 8.20. The maximum atomic E-state index is 13.5. The van der Waals surface area contributed by atoms with Crippen LogP contribution in [-0.4, -0.2) is 37.7 Å². The number of benzene rings is 1. The Hall–Kier alpha value is -1.13. The average Bonchev–Trinajstić information content (AvgIpc) is 2.29. The van der Waals surface area contributed by atoms with Gasteiger partial charge in [-0.05, 0) is 13.0 Å². The van der Waals surface area contributed by atoms with Gasteiger partial charge in [-0.15, -0.1) is 0 Å². The second-order valence-electron chi connectivity index (χ2n) is 4.52. The molecule has 0 amide bonds. The molecular formula is C13H19FN2O. The molecule has 3 nitrogen and oxygen atoms in total. The minimum absolute atomic E-state index is 0.284. The van der Waals surface area contributed by atoms with Gasteiger partial charge in [-0.25, -0.2) is 4.39 Å². The van der Waals surface area contributed by atoms with E-state index in [0.717, 1.165) is 31.7 Å². The molecule has 0 spiro atoms. The molecule has 0 aromatic heterocycles. The van der Waals surface area contributed by atoms with Crippen molar-refractivity contribution >= 4 is 0 Å². The van der Waals surface area contributed by atoms with Crippen LogP contribution in [0.5, 0.6) is 5.75 Å². The Labute approximate surface area is 102 Å². The van der Waals surface area contributed by atoms with Crippen LogP contribution in [0.3, 0.4) is 0 Å². The van der Waals surface area contributed by atoms with Crippen LogP contribution in [0, 0.1) is 5.82 Å². The summed E-state index contributed by atoms with van der Waals surface area (Å²) in [6.45, 7) is 5.87. The Bertz CT molecular complexity index is 384. The molecule has 0 bridgehead atoms. The predicted molar refractivity (Wildman–Crippen MR) is 65.7 cm³/mol. The van der Waals surface area contributed by atoms with E-state index in [1.165, 1.54) is 13.2 Å². The predicted octanol–water partition coefficient (Wildman–Crippen LogP) is 1.63. The molecule has 1 heterocycles. The number of hydrogen-bond donors (Lipinski definition) is 1. The number of ether oxygens (including phenoxy) is 1. The zero-order valence-electron chi connectivity index (χ0n) is 10.4. The summed E-state index contributed by atoms with van der Waals surface area (Å²) < 4.78 is 18.7. The van der Waals surface area contributed by atoms with E-state index in [-0.39, 0.29) is 5.82 Å². The van der Waals surface area contributed by atoms with Crippen molar-refractivity contribution in [3.63, 3.8) is 0 Å². The second kappa shape index (κ2) is 5.47. The summed E-state index contributed by atoms with van der Waals surface area (Å²) in [6, 6.07) is 5.58. The maximum absolute atomic E-state index is 13.5. The van der Waals surface area contributed by atoms with Gasteiger partial charge in [0.05, 0.1) is 7.11 Å². The van der Waals surface area contributed by atoms with E-state index in [2.05, 4.69) is 17.1 Å². The van der Waals surface area contributed by atoms with Crippen LogP contribution in [0.2, 0.25) is 0 Å². The SMILES string of the molecule is COc1c(F)cccc1CN1CCN[C@@H](C)C1. The van der Waals surface area contributed by atoms with Crippen LogP contribution in [-0.2, 0) is 6.54 Å². The van der Waals surface area contributed by atoms with Crippen LogP contribution in [0.15, 0.2) is 18.2 Å². The Morgan fingerprint density at radius 3 is 3.06 bits per heavy atom. The van der Waals surface area contributed by atoms with Crippen molar-refractivity contribution in [1.82, 2.24) is 10.2 Å². The quantitative estimate of drug-likeness (QED) is 0.866. The van der Waals surface area contributed by atoms with E-state index in [1.54, 1.807) is 6.07 Å². The number of para-hydroxylation sites is 1. The minimum Gasteiger partial charge on any atom is -0.493 e. The molecular weight excluding hydrogens is 219 g/mol. The standard InChI is InChI=1S/C13H19FN2O/c1-10-8-16(7-6-15-10)9-11-4-3-5-12(14)13(11)17-2/h3-5,10,15H,6-9H2,1-2H3/t10-/m0/s1. The fourth-order valence-electron chi connectivity index (χ4n) is 2.30. The molecule has 2 rings (SSSR count). The molecule has 1 fully saturated rings. The summed E-state index contributed by atoms with van der Waals surface area (Å²) in [5, 5.41) is 3.39. The molecule has 94 valence electrons. The van der Waals surface area contributed by atoms with E-state index in [0.29, 0.717) is 11.8 Å². The molecule has 1 N–H and O–H groups in total. The smallest absolute Gasteiger partial charge is 0.165 e. The molecule has 0 saturated carbocycles. The first kappa shape index (κ1) is 12.3. The molecule has 1 aromatic rings. The maximum Gasteiger partial charge on any atom is 0.165 e. The fraction of sp³-hybridized carbons (Fsp3) is 0.538. The molecule has 17 heavy (non-hydrogen) atoms. The van der Waals surface area contributed by atoms with Gasteiger partial charge >= 0.3 is 0 Å². The fourth-order valence-corrected chi connectivity index (χ4v) is 2.30. The van der Waals surface area contributed by atoms with Gasteiger partial charge in [-0.3, -0.25) is 4.90 Å². The van der Waals surface area contributed by atoms with Gasteiger partial charge in [0.15, 0.2) is 11.6 Å². The molecule has 0 radical (unpaired) electrons. The van der Waals surface area contributed by atoms with Crippen molar-refractivity contribution < 1.29 is 9.13 Å². The van der Waals surface area contributed by atoms with Gasteiger partial charge in [0.25, 0.3) is 0 Å². The summed E-state index contributed by atoms with van der Waals surface area (Å²) in [5.74, 6) is 0.0897.